The minimum Gasteiger partial charge on any atom is -0.354 e. The highest BCUT2D eigenvalue weighted by atomic mass is 16.2. The molecule has 2 aromatic carbocycles. The summed E-state index contributed by atoms with van der Waals surface area (Å²) in [6.45, 7) is 4.55. The van der Waals surface area contributed by atoms with E-state index in [-0.39, 0.29) is 24.1 Å². The van der Waals surface area contributed by atoms with Gasteiger partial charge in [-0.2, -0.15) is 0 Å². The Morgan fingerprint density at radius 3 is 2.54 bits per heavy atom. The van der Waals surface area contributed by atoms with Crippen molar-refractivity contribution in [1.29, 1.82) is 0 Å². The molecule has 0 bridgehead atoms. The second-order valence-corrected chi connectivity index (χ2v) is 10.1. The van der Waals surface area contributed by atoms with Crippen LogP contribution in [-0.4, -0.2) is 56.2 Å². The van der Waals surface area contributed by atoms with E-state index in [9.17, 15) is 14.4 Å². The number of aryl methyl sites for hydroxylation is 2. The average molecular weight is 524 g/mol. The molecule has 1 N–H and O–H groups in total. The molecule has 1 fully saturated rings. The van der Waals surface area contributed by atoms with Crippen LogP contribution < -0.4 is 5.32 Å². The number of likely N-dealkylation sites (tertiary alicyclic amines) is 1. The fraction of sp³-hybridized carbons (Fsp3) is 0.323. The number of carbonyl (C=O) groups excluding carboxylic acids is 3. The average Bonchev–Trinajstić information content (AvgIpc) is 3.57. The monoisotopic (exact) mass is 523 g/mol. The Labute approximate surface area is 228 Å². The quantitative estimate of drug-likeness (QED) is 0.260. The van der Waals surface area contributed by atoms with Crippen molar-refractivity contribution in [1.82, 2.24) is 24.8 Å². The highest BCUT2D eigenvalue weighted by Crippen LogP contribution is 2.29. The zero-order valence-electron chi connectivity index (χ0n) is 22.4. The molecule has 200 valence electrons. The highest BCUT2D eigenvalue weighted by molar-refractivity contribution is 6.08. The summed E-state index contributed by atoms with van der Waals surface area (Å²) in [6.07, 6.45) is 8.46. The summed E-state index contributed by atoms with van der Waals surface area (Å²) in [5.74, 6) is 0.396. The Bertz CT molecular complexity index is 1490. The molecule has 5 rings (SSSR count). The third-order valence-corrected chi connectivity index (χ3v) is 7.34. The lowest BCUT2D eigenvalue weighted by Crippen LogP contribution is -2.47. The van der Waals surface area contributed by atoms with Crippen molar-refractivity contribution in [2.24, 2.45) is 0 Å². The van der Waals surface area contributed by atoms with Crippen molar-refractivity contribution in [3.05, 3.63) is 84.1 Å². The molecule has 1 aliphatic rings. The number of benzene rings is 2. The van der Waals surface area contributed by atoms with Gasteiger partial charge in [-0.15, -0.1) is 0 Å². The molecule has 0 unspecified atom stereocenters. The van der Waals surface area contributed by atoms with Gasteiger partial charge in [0.15, 0.2) is 5.78 Å². The van der Waals surface area contributed by atoms with Crippen LogP contribution in [0, 0.1) is 6.92 Å². The fourth-order valence-electron chi connectivity index (χ4n) is 5.27. The molecule has 8 heteroatoms. The van der Waals surface area contributed by atoms with Gasteiger partial charge in [0, 0.05) is 53.7 Å². The van der Waals surface area contributed by atoms with Gasteiger partial charge in [-0.3, -0.25) is 14.4 Å². The van der Waals surface area contributed by atoms with E-state index in [4.69, 9.17) is 0 Å². The fourth-order valence-corrected chi connectivity index (χ4v) is 5.27. The number of carbonyl (C=O) groups is 3. The molecular formula is C31H33N5O3. The number of aromatic nitrogens is 3. The van der Waals surface area contributed by atoms with Crippen LogP contribution in [0.4, 0.5) is 0 Å². The number of nitrogens with zero attached hydrogens (tertiary/aromatic N) is 4. The Morgan fingerprint density at radius 2 is 1.79 bits per heavy atom. The summed E-state index contributed by atoms with van der Waals surface area (Å²) < 4.78 is 1.82. The molecule has 2 amide bonds. The highest BCUT2D eigenvalue weighted by Gasteiger charge is 2.34. The van der Waals surface area contributed by atoms with Crippen molar-refractivity contribution in [3.63, 3.8) is 0 Å². The zero-order chi connectivity index (χ0) is 27.4. The Kier molecular flexibility index (Phi) is 7.81. The van der Waals surface area contributed by atoms with Crippen LogP contribution >= 0.6 is 0 Å². The van der Waals surface area contributed by atoms with Gasteiger partial charge in [0.2, 0.25) is 11.8 Å². The first kappa shape index (κ1) is 26.3. The van der Waals surface area contributed by atoms with Gasteiger partial charge in [-0.25, -0.2) is 9.97 Å². The minimum atomic E-state index is -0.462. The lowest BCUT2D eigenvalue weighted by Gasteiger charge is -2.24. The molecule has 1 aliphatic heterocycles. The minimum absolute atomic E-state index is 0.0640. The first-order valence-electron chi connectivity index (χ1n) is 13.4. The topological polar surface area (TPSA) is 97.2 Å². The first-order chi connectivity index (χ1) is 18.9. The zero-order valence-corrected chi connectivity index (χ0v) is 22.4. The molecule has 3 heterocycles. The predicted octanol–water partition coefficient (Wildman–Crippen LogP) is 4.35. The van der Waals surface area contributed by atoms with E-state index in [1.165, 1.54) is 12.5 Å². The van der Waals surface area contributed by atoms with Gasteiger partial charge in [-0.05, 0) is 62.8 Å². The summed E-state index contributed by atoms with van der Waals surface area (Å²) in [5, 5.41) is 3.80. The van der Waals surface area contributed by atoms with Crippen LogP contribution in [0.15, 0.2) is 67.1 Å². The van der Waals surface area contributed by atoms with Crippen LogP contribution in [-0.2, 0) is 22.6 Å². The van der Waals surface area contributed by atoms with E-state index >= 15 is 0 Å². The van der Waals surface area contributed by atoms with Crippen LogP contribution in [0.1, 0.15) is 47.9 Å². The molecule has 2 aromatic heterocycles. The number of fused-ring (bicyclic) bond motifs is 1. The molecule has 1 atom stereocenters. The normalized spacial score (nSPS) is 15.0. The summed E-state index contributed by atoms with van der Waals surface area (Å²) in [7, 11) is 0. The van der Waals surface area contributed by atoms with E-state index in [0.29, 0.717) is 30.9 Å². The van der Waals surface area contributed by atoms with Crippen LogP contribution in [0.2, 0.25) is 0 Å². The van der Waals surface area contributed by atoms with Gasteiger partial charge in [0.25, 0.3) is 0 Å². The smallest absolute Gasteiger partial charge is 0.243 e. The summed E-state index contributed by atoms with van der Waals surface area (Å²) in [6, 6.07) is 15.5. The van der Waals surface area contributed by atoms with Crippen molar-refractivity contribution in [3.8, 4) is 11.1 Å². The van der Waals surface area contributed by atoms with Gasteiger partial charge < -0.3 is 14.8 Å². The number of hydrogen-bond donors (Lipinski definition) is 1. The van der Waals surface area contributed by atoms with E-state index < -0.39 is 6.04 Å². The van der Waals surface area contributed by atoms with Gasteiger partial charge >= 0.3 is 0 Å². The predicted molar refractivity (Wildman–Crippen MR) is 150 cm³/mol. The Morgan fingerprint density at radius 1 is 1.03 bits per heavy atom. The van der Waals surface area contributed by atoms with Crippen LogP contribution in [0.5, 0.6) is 0 Å². The van der Waals surface area contributed by atoms with Crippen molar-refractivity contribution < 1.29 is 14.4 Å². The molecule has 1 saturated heterocycles. The molecular weight excluding hydrogens is 490 g/mol. The third-order valence-electron chi connectivity index (χ3n) is 7.34. The number of ketones is 1. The van der Waals surface area contributed by atoms with Crippen molar-refractivity contribution in [2.45, 2.75) is 52.1 Å². The van der Waals surface area contributed by atoms with E-state index in [1.807, 2.05) is 47.9 Å². The number of hydrogen-bond acceptors (Lipinski definition) is 5. The third kappa shape index (κ3) is 5.90. The van der Waals surface area contributed by atoms with Gasteiger partial charge in [-0.1, -0.05) is 36.4 Å². The Hall–Kier alpha value is -4.33. The number of nitrogens with one attached hydrogen (secondary N) is 1. The second kappa shape index (κ2) is 11.6. The number of rotatable bonds is 9. The standard InChI is InChI=1S/C31H33N5O3/c1-21(37)27-19-35(28-13-12-24(16-26(27)28)25-17-33-22(2)34-18-25)20-30(38)36-15-7-11-29(36)31(39)32-14-6-10-23-8-4-3-5-9-23/h3-5,8-9,12-13,16-19,29H,6-7,10-11,14-15,20H2,1-2H3,(H,32,39)/t29-/m0/s1. The molecule has 0 aliphatic carbocycles. The summed E-state index contributed by atoms with van der Waals surface area (Å²) in [5.41, 5.74) is 4.36. The Balaban J connectivity index is 1.27. The molecule has 39 heavy (non-hydrogen) atoms. The van der Waals surface area contributed by atoms with Gasteiger partial charge in [0.1, 0.15) is 18.4 Å². The van der Waals surface area contributed by atoms with Crippen molar-refractivity contribution >= 4 is 28.5 Å². The maximum Gasteiger partial charge on any atom is 0.243 e. The second-order valence-electron chi connectivity index (χ2n) is 10.1. The number of amides is 2. The summed E-state index contributed by atoms with van der Waals surface area (Å²) in [4.78, 5) is 49.1. The summed E-state index contributed by atoms with van der Waals surface area (Å²) >= 11 is 0. The molecule has 4 aromatic rings. The lowest BCUT2D eigenvalue weighted by molar-refractivity contribution is -0.138. The molecule has 0 spiro atoms. The first-order valence-corrected chi connectivity index (χ1v) is 13.4. The lowest BCUT2D eigenvalue weighted by atomic mass is 10.0. The van der Waals surface area contributed by atoms with E-state index in [2.05, 4.69) is 27.4 Å². The molecule has 0 radical (unpaired) electrons. The van der Waals surface area contributed by atoms with Crippen LogP contribution in [0.25, 0.3) is 22.0 Å². The molecule has 0 saturated carbocycles. The van der Waals surface area contributed by atoms with E-state index in [0.717, 1.165) is 41.3 Å². The van der Waals surface area contributed by atoms with E-state index in [1.54, 1.807) is 23.5 Å². The molecule has 8 nitrogen and oxygen atoms in total. The van der Waals surface area contributed by atoms with Crippen molar-refractivity contribution in [2.75, 3.05) is 13.1 Å². The maximum atomic E-state index is 13.4. The maximum absolute atomic E-state index is 13.4. The number of Topliss-reactive ketones (excluding diaryl/α,β-unsaturated/α-hetero) is 1. The largest absolute Gasteiger partial charge is 0.354 e. The van der Waals surface area contributed by atoms with Gasteiger partial charge in [0.05, 0.1) is 0 Å². The van der Waals surface area contributed by atoms with Crippen LogP contribution in [0.3, 0.4) is 0 Å². The SMILES string of the molecule is CC(=O)c1cn(CC(=O)N2CCC[C@H]2C(=O)NCCCc2ccccc2)c2ccc(-c3cnc(C)nc3)cc12.